The molecule has 0 radical (unpaired) electrons. The highest BCUT2D eigenvalue weighted by molar-refractivity contribution is 5.92. The van der Waals surface area contributed by atoms with E-state index in [9.17, 15) is 9.65 Å². The number of ether oxygens (including phenoxy) is 1. The molecular weight excluding hydrogens is 524 g/mol. The number of rotatable bonds is 7. The lowest BCUT2D eigenvalue weighted by molar-refractivity contribution is 0.107. The van der Waals surface area contributed by atoms with E-state index in [4.69, 9.17) is 9.72 Å². The van der Waals surface area contributed by atoms with Crippen LogP contribution >= 0.6 is 0 Å². The summed E-state index contributed by atoms with van der Waals surface area (Å²) in [6, 6.07) is 10.2. The molecular formula is C31H35F2N7O. The summed E-state index contributed by atoms with van der Waals surface area (Å²) in [5.74, 6) is 0.479. The zero-order valence-electron chi connectivity index (χ0n) is 23.2. The molecule has 3 saturated heterocycles. The molecule has 1 aliphatic carbocycles. The quantitative estimate of drug-likeness (QED) is 0.444. The highest BCUT2D eigenvalue weighted by Gasteiger charge is 2.49. The Kier molecular flexibility index (Phi) is 6.95. The largest absolute Gasteiger partial charge is 0.461 e. The summed E-state index contributed by atoms with van der Waals surface area (Å²) in [5, 5.41) is 13.2. The number of pyridine rings is 1. The van der Waals surface area contributed by atoms with Gasteiger partial charge in [0.05, 0.1) is 23.4 Å². The van der Waals surface area contributed by atoms with Crippen molar-refractivity contribution < 1.29 is 13.5 Å². The van der Waals surface area contributed by atoms with Crippen LogP contribution in [0.1, 0.15) is 56.4 Å². The Morgan fingerprint density at radius 2 is 2.02 bits per heavy atom. The van der Waals surface area contributed by atoms with Crippen LogP contribution in [0.5, 0.6) is 6.01 Å². The Bertz CT molecular complexity index is 1490. The first-order chi connectivity index (χ1) is 20.0. The van der Waals surface area contributed by atoms with Crippen LogP contribution in [0.25, 0.3) is 22.2 Å². The minimum Gasteiger partial charge on any atom is -0.461 e. The number of halogens is 2. The highest BCUT2D eigenvalue weighted by atomic mass is 19.1. The van der Waals surface area contributed by atoms with Crippen molar-refractivity contribution >= 4 is 16.7 Å². The molecule has 2 aromatic heterocycles. The van der Waals surface area contributed by atoms with Crippen LogP contribution in [-0.4, -0.2) is 76.9 Å². The average Bonchev–Trinajstić information content (AvgIpc) is 3.47. The minimum atomic E-state index is -0.869. The van der Waals surface area contributed by atoms with Crippen molar-refractivity contribution in [3.8, 4) is 23.3 Å². The maximum Gasteiger partial charge on any atom is 0.319 e. The lowest BCUT2D eigenvalue weighted by Gasteiger charge is -2.34. The summed E-state index contributed by atoms with van der Waals surface area (Å²) < 4.78 is 37.1. The van der Waals surface area contributed by atoms with Crippen LogP contribution < -0.4 is 15.0 Å². The summed E-state index contributed by atoms with van der Waals surface area (Å²) in [7, 11) is 0. The summed E-state index contributed by atoms with van der Waals surface area (Å²) in [5.41, 5.74) is 2.02. The van der Waals surface area contributed by atoms with Crippen LogP contribution in [0.15, 0.2) is 30.5 Å². The van der Waals surface area contributed by atoms with E-state index in [1.807, 2.05) is 18.2 Å². The van der Waals surface area contributed by atoms with Crippen molar-refractivity contribution in [2.24, 2.45) is 0 Å². The van der Waals surface area contributed by atoms with Gasteiger partial charge in [0.1, 0.15) is 29.8 Å². The van der Waals surface area contributed by atoms with Crippen molar-refractivity contribution in [1.29, 1.82) is 5.26 Å². The molecule has 0 bridgehead atoms. The first-order valence-corrected chi connectivity index (χ1v) is 14.9. The van der Waals surface area contributed by atoms with E-state index in [-0.39, 0.29) is 35.4 Å². The van der Waals surface area contributed by atoms with Gasteiger partial charge in [-0.2, -0.15) is 15.2 Å². The predicted octanol–water partition coefficient (Wildman–Crippen LogP) is 4.75. The van der Waals surface area contributed by atoms with Crippen LogP contribution in [0.2, 0.25) is 0 Å². The number of piperazine rings is 1. The molecule has 4 fully saturated rings. The first-order valence-electron chi connectivity index (χ1n) is 14.9. The third-order valence-corrected chi connectivity index (χ3v) is 9.53. The van der Waals surface area contributed by atoms with E-state index in [1.165, 1.54) is 6.42 Å². The van der Waals surface area contributed by atoms with E-state index in [2.05, 4.69) is 37.2 Å². The van der Waals surface area contributed by atoms with Gasteiger partial charge in [0.25, 0.3) is 0 Å². The number of hydrogen-bond acceptors (Lipinski definition) is 8. The number of nitrogens with zero attached hydrogens (tertiary/aromatic N) is 6. The van der Waals surface area contributed by atoms with Gasteiger partial charge < -0.3 is 15.0 Å². The molecule has 10 heteroatoms. The normalized spacial score (nSPS) is 26.6. The summed E-state index contributed by atoms with van der Waals surface area (Å²) >= 11 is 0. The fourth-order valence-electron chi connectivity index (χ4n) is 7.22. The Hall–Kier alpha value is -3.42. The maximum atomic E-state index is 16.5. The zero-order chi connectivity index (χ0) is 28.0. The summed E-state index contributed by atoms with van der Waals surface area (Å²) in [6.07, 6.45) is 6.85. The lowest BCUT2D eigenvalue weighted by atomic mass is 9.77. The van der Waals surface area contributed by atoms with Crippen LogP contribution in [0.4, 0.5) is 14.6 Å². The van der Waals surface area contributed by atoms with E-state index >= 15 is 4.39 Å². The van der Waals surface area contributed by atoms with Gasteiger partial charge in [-0.05, 0) is 43.7 Å². The van der Waals surface area contributed by atoms with E-state index < -0.39 is 12.0 Å². The smallest absolute Gasteiger partial charge is 0.319 e. The van der Waals surface area contributed by atoms with Gasteiger partial charge in [-0.15, -0.1) is 0 Å². The molecule has 3 aromatic rings. The minimum absolute atomic E-state index is 0.0273. The molecule has 214 valence electrons. The lowest BCUT2D eigenvalue weighted by Crippen LogP contribution is -2.51. The highest BCUT2D eigenvalue weighted by Crippen LogP contribution is 2.43. The summed E-state index contributed by atoms with van der Waals surface area (Å²) in [6.45, 7) is 3.42. The molecule has 3 aliphatic heterocycles. The van der Waals surface area contributed by atoms with Gasteiger partial charge in [-0.1, -0.05) is 30.7 Å². The first kappa shape index (κ1) is 26.5. The number of nitriles is 1. The van der Waals surface area contributed by atoms with E-state index in [1.54, 1.807) is 6.20 Å². The van der Waals surface area contributed by atoms with Crippen molar-refractivity contribution in [3.05, 3.63) is 41.8 Å². The Morgan fingerprint density at radius 1 is 1.15 bits per heavy atom. The molecule has 1 saturated carbocycles. The van der Waals surface area contributed by atoms with E-state index in [0.29, 0.717) is 56.1 Å². The number of aromatic nitrogens is 3. The number of nitrogens with one attached hydrogen (secondary N) is 1. The van der Waals surface area contributed by atoms with Crippen molar-refractivity contribution in [2.75, 3.05) is 44.2 Å². The molecule has 0 amide bonds. The summed E-state index contributed by atoms with van der Waals surface area (Å²) in [4.78, 5) is 18.3. The fraction of sp³-hybridized carbons (Fsp3) is 0.548. The molecule has 0 spiro atoms. The van der Waals surface area contributed by atoms with Gasteiger partial charge >= 0.3 is 6.01 Å². The van der Waals surface area contributed by atoms with Crippen molar-refractivity contribution in [1.82, 2.24) is 25.2 Å². The Labute approximate surface area is 238 Å². The van der Waals surface area contributed by atoms with Gasteiger partial charge in [-0.25, -0.2) is 8.78 Å². The fourth-order valence-corrected chi connectivity index (χ4v) is 7.22. The van der Waals surface area contributed by atoms with E-state index in [0.717, 1.165) is 43.4 Å². The molecule has 7 rings (SSSR count). The molecule has 4 aliphatic rings. The molecule has 1 N–H and O–H groups in total. The second kappa shape index (κ2) is 10.8. The number of benzene rings is 1. The number of fused-ring (bicyclic) bond motifs is 2. The predicted molar refractivity (Wildman–Crippen MR) is 152 cm³/mol. The van der Waals surface area contributed by atoms with Crippen LogP contribution in [0.3, 0.4) is 0 Å². The maximum absolute atomic E-state index is 16.5. The third-order valence-electron chi connectivity index (χ3n) is 9.53. The van der Waals surface area contributed by atoms with Crippen molar-refractivity contribution in [3.63, 3.8) is 0 Å². The van der Waals surface area contributed by atoms with Gasteiger partial charge in [0.2, 0.25) is 0 Å². The molecule has 5 heterocycles. The Balaban J connectivity index is 1.30. The number of alkyl halides is 1. The number of hydrogen-bond donors (Lipinski definition) is 1. The molecule has 8 nitrogen and oxygen atoms in total. The average molecular weight is 560 g/mol. The van der Waals surface area contributed by atoms with Crippen molar-refractivity contribution in [2.45, 2.75) is 68.6 Å². The molecule has 1 aromatic carbocycles. The van der Waals surface area contributed by atoms with Gasteiger partial charge in [0, 0.05) is 50.4 Å². The number of anilines is 1. The van der Waals surface area contributed by atoms with Gasteiger partial charge in [0.15, 0.2) is 5.82 Å². The monoisotopic (exact) mass is 559 g/mol. The second-order valence-corrected chi connectivity index (χ2v) is 12.1. The third kappa shape index (κ3) is 4.79. The Morgan fingerprint density at radius 3 is 2.85 bits per heavy atom. The molecule has 3 atom stereocenters. The molecule has 41 heavy (non-hydrogen) atoms. The van der Waals surface area contributed by atoms with Gasteiger partial charge in [-0.3, -0.25) is 9.88 Å². The molecule has 0 unspecified atom stereocenters. The standard InChI is InChI=1S/C31H35F2N7O/c32-21-15-31(10-4-13-40(31)17-21)19-41-30-37-28-25(29(38-30)39-14-12-35-22(18-39)9-11-34)16-36-27(26(28)33)24-8-2-1-7-23(24)20-5-3-6-20/h1-2,7-8,16,20-22,35H,3-6,9-10,12-15,17-19H2/t21-,22+,31+/m1/s1. The van der Waals surface area contributed by atoms with Crippen LogP contribution in [-0.2, 0) is 0 Å². The topological polar surface area (TPSA) is 90.2 Å². The SMILES string of the molecule is N#CC[C@H]1CN(c2nc(OC[C@@]34CCCN3C[C@H](F)C4)nc3c(F)c(-c4ccccc4C4CCC4)ncc23)CCN1. The second-order valence-electron chi connectivity index (χ2n) is 12.1. The van der Waals surface area contributed by atoms with Crippen LogP contribution in [0, 0.1) is 17.1 Å². The zero-order valence-corrected chi connectivity index (χ0v) is 23.2.